The van der Waals surface area contributed by atoms with Crippen molar-refractivity contribution < 1.29 is 14.3 Å². The van der Waals surface area contributed by atoms with Crippen LogP contribution in [0.2, 0.25) is 5.02 Å². The Morgan fingerprint density at radius 2 is 1.91 bits per heavy atom. The predicted molar refractivity (Wildman–Crippen MR) is 125 cm³/mol. The number of hydrogen-bond acceptors (Lipinski definition) is 7. The summed E-state index contributed by atoms with van der Waals surface area (Å²) in [5.41, 5.74) is 3.65. The van der Waals surface area contributed by atoms with E-state index in [0.29, 0.717) is 38.7 Å². The number of hydrogen-bond donors (Lipinski definition) is 1. The van der Waals surface area contributed by atoms with Crippen LogP contribution >= 0.6 is 23.4 Å². The Balaban J connectivity index is 1.53. The van der Waals surface area contributed by atoms with Gasteiger partial charge in [-0.05, 0) is 55.0 Å². The van der Waals surface area contributed by atoms with Gasteiger partial charge in [0.05, 0.1) is 25.7 Å². The van der Waals surface area contributed by atoms with Crippen molar-refractivity contribution >= 4 is 40.6 Å². The number of thioether (sulfide) groups is 1. The van der Waals surface area contributed by atoms with Crippen LogP contribution in [-0.2, 0) is 4.79 Å². The van der Waals surface area contributed by atoms with Gasteiger partial charge in [-0.25, -0.2) is 0 Å². The minimum atomic E-state index is -0.173. The lowest BCUT2D eigenvalue weighted by molar-refractivity contribution is -0.113. The highest BCUT2D eigenvalue weighted by atomic mass is 35.5. The summed E-state index contributed by atoms with van der Waals surface area (Å²) >= 11 is 7.37. The van der Waals surface area contributed by atoms with E-state index in [2.05, 4.69) is 20.6 Å². The molecular formula is C22H20ClN5O3S. The van der Waals surface area contributed by atoms with E-state index in [1.807, 2.05) is 43.3 Å². The molecule has 0 atom stereocenters. The van der Waals surface area contributed by atoms with E-state index in [4.69, 9.17) is 21.1 Å². The van der Waals surface area contributed by atoms with Crippen LogP contribution in [0.3, 0.4) is 0 Å². The summed E-state index contributed by atoms with van der Waals surface area (Å²) in [5, 5.41) is 16.9. The van der Waals surface area contributed by atoms with Gasteiger partial charge < -0.3 is 14.8 Å². The highest BCUT2D eigenvalue weighted by Gasteiger charge is 2.14. The highest BCUT2D eigenvalue weighted by Crippen LogP contribution is 2.32. The van der Waals surface area contributed by atoms with Gasteiger partial charge >= 0.3 is 0 Å². The second-order valence-electron chi connectivity index (χ2n) is 6.79. The number of methoxy groups -OCH3 is 2. The molecule has 0 fully saturated rings. The largest absolute Gasteiger partial charge is 0.493 e. The number of amides is 1. The Kier molecular flexibility index (Phi) is 6.48. The summed E-state index contributed by atoms with van der Waals surface area (Å²) in [5.74, 6) is 1.22. The topological polar surface area (TPSA) is 90.6 Å². The van der Waals surface area contributed by atoms with Gasteiger partial charge in [0, 0.05) is 16.3 Å². The number of halogens is 1. The van der Waals surface area contributed by atoms with Crippen LogP contribution in [0.5, 0.6) is 11.5 Å². The summed E-state index contributed by atoms with van der Waals surface area (Å²) in [6.45, 7) is 1.86. The first kappa shape index (κ1) is 21.9. The lowest BCUT2D eigenvalue weighted by atomic mass is 10.1. The fourth-order valence-electron chi connectivity index (χ4n) is 3.07. The molecule has 0 aliphatic heterocycles. The Morgan fingerprint density at radius 3 is 2.69 bits per heavy atom. The number of aromatic nitrogens is 4. The monoisotopic (exact) mass is 469 g/mol. The first-order valence-electron chi connectivity index (χ1n) is 9.62. The molecule has 0 spiro atoms. The van der Waals surface area contributed by atoms with Crippen molar-refractivity contribution in [2.75, 3.05) is 25.3 Å². The van der Waals surface area contributed by atoms with Gasteiger partial charge in [-0.1, -0.05) is 29.4 Å². The Morgan fingerprint density at radius 1 is 1.09 bits per heavy atom. The molecule has 0 bridgehead atoms. The van der Waals surface area contributed by atoms with E-state index in [9.17, 15) is 4.79 Å². The number of ether oxygens (including phenoxy) is 2. The maximum Gasteiger partial charge on any atom is 0.234 e. The maximum atomic E-state index is 12.4. The molecule has 4 rings (SSSR count). The summed E-state index contributed by atoms with van der Waals surface area (Å²) in [4.78, 5) is 12.4. The molecule has 10 heteroatoms. The van der Waals surface area contributed by atoms with Crippen LogP contribution < -0.4 is 14.8 Å². The van der Waals surface area contributed by atoms with Crippen LogP contribution in [0.4, 0.5) is 5.69 Å². The van der Waals surface area contributed by atoms with Crippen molar-refractivity contribution in [2.24, 2.45) is 0 Å². The normalized spacial score (nSPS) is 10.9. The Labute approximate surface area is 193 Å². The molecule has 2 aromatic heterocycles. The van der Waals surface area contributed by atoms with Crippen molar-refractivity contribution in [3.8, 4) is 22.8 Å². The number of fused-ring (bicyclic) bond motifs is 1. The second kappa shape index (κ2) is 9.46. The zero-order valence-electron chi connectivity index (χ0n) is 17.6. The number of carbonyl (C=O) groups is 1. The van der Waals surface area contributed by atoms with Gasteiger partial charge in [0.25, 0.3) is 0 Å². The van der Waals surface area contributed by atoms with Gasteiger partial charge in [0.15, 0.2) is 17.1 Å². The zero-order valence-corrected chi connectivity index (χ0v) is 19.2. The number of carbonyl (C=O) groups excluding carboxylic acids is 1. The maximum absolute atomic E-state index is 12.4. The third kappa shape index (κ3) is 4.49. The number of rotatable bonds is 7. The smallest absolute Gasteiger partial charge is 0.234 e. The average molecular weight is 470 g/mol. The van der Waals surface area contributed by atoms with Gasteiger partial charge in [0.1, 0.15) is 0 Å². The van der Waals surface area contributed by atoms with Crippen molar-refractivity contribution in [3.05, 3.63) is 59.1 Å². The highest BCUT2D eigenvalue weighted by molar-refractivity contribution is 7.99. The molecule has 0 aliphatic carbocycles. The first-order valence-corrected chi connectivity index (χ1v) is 11.0. The lowest BCUT2D eigenvalue weighted by Crippen LogP contribution is -2.15. The fraction of sp³-hybridized carbons (Fsp3) is 0.182. The SMILES string of the molecule is COc1ccc(-c2ccc3nnc(SCC(=O)Nc4cccc(Cl)c4C)n3n2)cc1OC. The Bertz CT molecular complexity index is 1290. The Hall–Kier alpha value is -3.30. The molecule has 2 heterocycles. The molecular weight excluding hydrogens is 450 g/mol. The average Bonchev–Trinajstić information content (AvgIpc) is 3.22. The standard InChI is InChI=1S/C22H20ClN5O3S/c1-13-15(23)5-4-6-16(13)24-21(29)12-32-22-26-25-20-10-8-17(27-28(20)22)14-7-9-18(30-2)19(11-14)31-3/h4-11H,12H2,1-3H3,(H,24,29). The molecule has 1 N–H and O–H groups in total. The minimum Gasteiger partial charge on any atom is -0.493 e. The first-order chi connectivity index (χ1) is 15.5. The van der Waals surface area contributed by atoms with E-state index in [1.54, 1.807) is 30.9 Å². The second-order valence-corrected chi connectivity index (χ2v) is 8.14. The van der Waals surface area contributed by atoms with Gasteiger partial charge in [-0.15, -0.1) is 10.2 Å². The minimum absolute atomic E-state index is 0.148. The van der Waals surface area contributed by atoms with Crippen LogP contribution in [0.1, 0.15) is 5.56 Å². The van der Waals surface area contributed by atoms with E-state index in [0.717, 1.165) is 11.1 Å². The molecule has 0 saturated heterocycles. The molecule has 2 aromatic carbocycles. The molecule has 1 amide bonds. The van der Waals surface area contributed by atoms with E-state index >= 15 is 0 Å². The molecule has 4 aromatic rings. The molecule has 32 heavy (non-hydrogen) atoms. The summed E-state index contributed by atoms with van der Waals surface area (Å²) in [6.07, 6.45) is 0. The fourth-order valence-corrected chi connectivity index (χ4v) is 3.93. The van der Waals surface area contributed by atoms with Gasteiger partial charge in [-0.2, -0.15) is 9.61 Å². The number of anilines is 1. The molecule has 0 saturated carbocycles. The summed E-state index contributed by atoms with van der Waals surface area (Å²) in [6, 6.07) is 14.6. The quantitative estimate of drug-likeness (QED) is 0.398. The van der Waals surface area contributed by atoms with Gasteiger partial charge in [0.2, 0.25) is 11.1 Å². The lowest BCUT2D eigenvalue weighted by Gasteiger charge is -2.10. The van der Waals surface area contributed by atoms with E-state index in [-0.39, 0.29) is 11.7 Å². The molecule has 0 unspecified atom stereocenters. The summed E-state index contributed by atoms with van der Waals surface area (Å²) in [7, 11) is 3.18. The predicted octanol–water partition coefficient (Wildman–Crippen LogP) is 4.50. The summed E-state index contributed by atoms with van der Waals surface area (Å²) < 4.78 is 12.3. The van der Waals surface area contributed by atoms with Crippen LogP contribution in [0.15, 0.2) is 53.7 Å². The van der Waals surface area contributed by atoms with Crippen LogP contribution in [0, 0.1) is 6.92 Å². The van der Waals surface area contributed by atoms with Crippen molar-refractivity contribution in [1.82, 2.24) is 19.8 Å². The molecule has 164 valence electrons. The third-order valence-corrected chi connectivity index (χ3v) is 6.12. The number of nitrogens with one attached hydrogen (secondary N) is 1. The van der Waals surface area contributed by atoms with Crippen molar-refractivity contribution in [1.29, 1.82) is 0 Å². The van der Waals surface area contributed by atoms with E-state index in [1.165, 1.54) is 11.8 Å². The van der Waals surface area contributed by atoms with Crippen LogP contribution in [-0.4, -0.2) is 45.7 Å². The van der Waals surface area contributed by atoms with E-state index < -0.39 is 0 Å². The van der Waals surface area contributed by atoms with Crippen molar-refractivity contribution in [2.45, 2.75) is 12.1 Å². The number of benzene rings is 2. The van der Waals surface area contributed by atoms with Crippen molar-refractivity contribution in [3.63, 3.8) is 0 Å². The number of nitrogens with zero attached hydrogens (tertiary/aromatic N) is 4. The third-order valence-electron chi connectivity index (χ3n) is 4.79. The van der Waals surface area contributed by atoms with Crippen LogP contribution in [0.25, 0.3) is 16.9 Å². The van der Waals surface area contributed by atoms with Gasteiger partial charge in [-0.3, -0.25) is 4.79 Å². The molecule has 8 nitrogen and oxygen atoms in total. The molecule has 0 aliphatic rings. The molecule has 0 radical (unpaired) electrons. The zero-order chi connectivity index (χ0) is 22.7.